The van der Waals surface area contributed by atoms with Crippen LogP contribution in [0.5, 0.6) is 0 Å². The fourth-order valence-corrected chi connectivity index (χ4v) is 5.18. The van der Waals surface area contributed by atoms with Crippen molar-refractivity contribution in [2.75, 3.05) is 20.1 Å². The number of nitrogens with zero attached hydrogens (tertiary/aromatic N) is 1. The molecule has 28 heavy (non-hydrogen) atoms. The summed E-state index contributed by atoms with van der Waals surface area (Å²) in [5.74, 6) is 0.229. The second kappa shape index (κ2) is 7.92. The van der Waals surface area contributed by atoms with Crippen LogP contribution in [0.1, 0.15) is 37.3 Å². The molecule has 0 unspecified atom stereocenters. The first-order valence-electron chi connectivity index (χ1n) is 10.4. The zero-order valence-corrected chi connectivity index (χ0v) is 16.9. The number of hydrogen-bond acceptors (Lipinski definition) is 2. The van der Waals surface area contributed by atoms with Gasteiger partial charge in [-0.15, -0.1) is 0 Å². The number of amides is 1. The van der Waals surface area contributed by atoms with E-state index < -0.39 is 0 Å². The van der Waals surface area contributed by atoms with Gasteiger partial charge in [0.2, 0.25) is 5.91 Å². The van der Waals surface area contributed by atoms with Gasteiger partial charge in [0.15, 0.2) is 0 Å². The van der Waals surface area contributed by atoms with E-state index in [-0.39, 0.29) is 17.2 Å². The molecule has 2 aromatic carbocycles. The molecule has 4 rings (SSSR count). The molecule has 0 spiro atoms. The SMILES string of the molecule is CN1CCC2=C(c3ccccc3)CC[C@@H](C(=O)NCc3ccccc3)[C@@]2(C)C1. The highest BCUT2D eigenvalue weighted by Crippen LogP contribution is 2.51. The Morgan fingerprint density at radius 3 is 2.46 bits per heavy atom. The Bertz CT molecular complexity index is 859. The molecular formula is C25H30N2O. The molecule has 3 nitrogen and oxygen atoms in total. The van der Waals surface area contributed by atoms with Crippen molar-refractivity contribution in [3.05, 3.63) is 77.4 Å². The van der Waals surface area contributed by atoms with Gasteiger partial charge in [-0.2, -0.15) is 0 Å². The van der Waals surface area contributed by atoms with Gasteiger partial charge in [-0.3, -0.25) is 4.79 Å². The third kappa shape index (κ3) is 3.64. The molecule has 2 aromatic rings. The van der Waals surface area contributed by atoms with Gasteiger partial charge in [0.25, 0.3) is 0 Å². The molecule has 3 heteroatoms. The Hall–Kier alpha value is -2.39. The molecule has 2 aliphatic rings. The third-order valence-electron chi connectivity index (χ3n) is 6.60. The van der Waals surface area contributed by atoms with Gasteiger partial charge in [-0.25, -0.2) is 0 Å². The van der Waals surface area contributed by atoms with E-state index in [9.17, 15) is 4.79 Å². The number of allylic oxidation sites excluding steroid dienone is 1. The number of hydrogen-bond donors (Lipinski definition) is 1. The largest absolute Gasteiger partial charge is 0.352 e. The van der Waals surface area contributed by atoms with Crippen LogP contribution in [-0.4, -0.2) is 30.9 Å². The van der Waals surface area contributed by atoms with E-state index in [0.717, 1.165) is 37.9 Å². The summed E-state index contributed by atoms with van der Waals surface area (Å²) < 4.78 is 0. The second-order valence-corrected chi connectivity index (χ2v) is 8.52. The molecule has 1 saturated heterocycles. The van der Waals surface area contributed by atoms with Crippen LogP contribution in [0.25, 0.3) is 5.57 Å². The predicted octanol–water partition coefficient (Wildman–Crippen LogP) is 4.51. The first kappa shape index (κ1) is 18.9. The van der Waals surface area contributed by atoms with E-state index in [0.29, 0.717) is 6.54 Å². The van der Waals surface area contributed by atoms with E-state index in [4.69, 9.17) is 0 Å². The van der Waals surface area contributed by atoms with Crippen LogP contribution in [0.15, 0.2) is 66.2 Å². The highest BCUT2D eigenvalue weighted by atomic mass is 16.1. The van der Waals surface area contributed by atoms with Gasteiger partial charge >= 0.3 is 0 Å². The second-order valence-electron chi connectivity index (χ2n) is 8.52. The van der Waals surface area contributed by atoms with Gasteiger partial charge in [0.05, 0.1) is 0 Å². The normalized spacial score (nSPS) is 25.3. The summed E-state index contributed by atoms with van der Waals surface area (Å²) in [6.07, 6.45) is 2.96. The van der Waals surface area contributed by atoms with Crippen molar-refractivity contribution in [2.45, 2.75) is 32.7 Å². The predicted molar refractivity (Wildman–Crippen MR) is 115 cm³/mol. The van der Waals surface area contributed by atoms with Crippen molar-refractivity contribution in [2.24, 2.45) is 11.3 Å². The van der Waals surface area contributed by atoms with Crippen LogP contribution in [-0.2, 0) is 11.3 Å². The smallest absolute Gasteiger partial charge is 0.224 e. The van der Waals surface area contributed by atoms with E-state index in [1.165, 1.54) is 16.7 Å². The summed E-state index contributed by atoms with van der Waals surface area (Å²) >= 11 is 0. The fraction of sp³-hybridized carbons (Fsp3) is 0.400. The maximum absolute atomic E-state index is 13.2. The molecule has 1 amide bonds. The van der Waals surface area contributed by atoms with Crippen molar-refractivity contribution in [3.8, 4) is 0 Å². The van der Waals surface area contributed by atoms with Gasteiger partial charge in [0.1, 0.15) is 0 Å². The number of nitrogens with one attached hydrogen (secondary N) is 1. The standard InChI is InChI=1S/C25H30N2O/c1-25-18-27(2)16-15-22(25)21(20-11-7-4-8-12-20)13-14-23(25)24(28)26-17-19-9-5-3-6-10-19/h3-12,23H,13-18H2,1-2H3,(H,26,28)/t23-,25-/m0/s1. The maximum atomic E-state index is 13.2. The molecule has 1 fully saturated rings. The number of fused-ring (bicyclic) bond motifs is 1. The lowest BCUT2D eigenvalue weighted by Crippen LogP contribution is -2.52. The first-order valence-corrected chi connectivity index (χ1v) is 10.4. The van der Waals surface area contributed by atoms with Crippen LogP contribution in [0.4, 0.5) is 0 Å². The molecule has 1 N–H and O–H groups in total. The van der Waals surface area contributed by atoms with E-state index >= 15 is 0 Å². The molecule has 0 saturated carbocycles. The number of piperidine rings is 1. The van der Waals surface area contributed by atoms with Crippen molar-refractivity contribution in [1.29, 1.82) is 0 Å². The van der Waals surface area contributed by atoms with Gasteiger partial charge < -0.3 is 10.2 Å². The average Bonchev–Trinajstić information content (AvgIpc) is 2.72. The van der Waals surface area contributed by atoms with E-state index in [2.05, 4.69) is 66.7 Å². The number of rotatable bonds is 4. The van der Waals surface area contributed by atoms with Crippen molar-refractivity contribution >= 4 is 11.5 Å². The Balaban J connectivity index is 1.61. The van der Waals surface area contributed by atoms with Crippen molar-refractivity contribution < 1.29 is 4.79 Å². The molecule has 0 bridgehead atoms. The van der Waals surface area contributed by atoms with Crippen LogP contribution < -0.4 is 5.32 Å². The fourth-order valence-electron chi connectivity index (χ4n) is 5.18. The van der Waals surface area contributed by atoms with E-state index in [1.54, 1.807) is 0 Å². The van der Waals surface area contributed by atoms with Gasteiger partial charge in [-0.05, 0) is 43.0 Å². The maximum Gasteiger partial charge on any atom is 0.224 e. The highest BCUT2D eigenvalue weighted by molar-refractivity contribution is 5.83. The lowest BCUT2D eigenvalue weighted by atomic mass is 9.60. The molecular weight excluding hydrogens is 344 g/mol. The lowest BCUT2D eigenvalue weighted by molar-refractivity contribution is -0.129. The zero-order chi connectivity index (χ0) is 19.6. The molecule has 1 heterocycles. The molecule has 146 valence electrons. The summed E-state index contributed by atoms with van der Waals surface area (Å²) in [7, 11) is 2.18. The number of likely N-dealkylation sites (tertiary alicyclic amines) is 1. The first-order chi connectivity index (χ1) is 13.6. The minimum absolute atomic E-state index is 0.0291. The number of benzene rings is 2. The van der Waals surface area contributed by atoms with E-state index in [1.807, 2.05) is 18.2 Å². The van der Waals surface area contributed by atoms with Crippen LogP contribution in [0.2, 0.25) is 0 Å². The summed E-state index contributed by atoms with van der Waals surface area (Å²) in [5.41, 5.74) is 5.36. The monoisotopic (exact) mass is 374 g/mol. The van der Waals surface area contributed by atoms with Crippen LogP contribution in [0, 0.1) is 11.3 Å². The Labute approximate surface area is 168 Å². The Morgan fingerprint density at radius 1 is 1.07 bits per heavy atom. The quantitative estimate of drug-likeness (QED) is 0.854. The number of carbonyl (C=O) groups is 1. The minimum atomic E-state index is -0.100. The van der Waals surface area contributed by atoms with Crippen LogP contribution in [0.3, 0.4) is 0 Å². The summed E-state index contributed by atoms with van der Waals surface area (Å²) in [4.78, 5) is 15.6. The summed E-state index contributed by atoms with van der Waals surface area (Å²) in [5, 5.41) is 3.22. The van der Waals surface area contributed by atoms with Crippen molar-refractivity contribution in [1.82, 2.24) is 10.2 Å². The molecule has 0 radical (unpaired) electrons. The molecule has 1 aliphatic carbocycles. The topological polar surface area (TPSA) is 32.3 Å². The lowest BCUT2D eigenvalue weighted by Gasteiger charge is -2.49. The minimum Gasteiger partial charge on any atom is -0.352 e. The summed E-state index contributed by atoms with van der Waals surface area (Å²) in [6.45, 7) is 4.93. The highest BCUT2D eigenvalue weighted by Gasteiger charge is 2.47. The van der Waals surface area contributed by atoms with Gasteiger partial charge in [0, 0.05) is 31.0 Å². The Kier molecular flexibility index (Phi) is 5.36. The van der Waals surface area contributed by atoms with Crippen LogP contribution >= 0.6 is 0 Å². The third-order valence-corrected chi connectivity index (χ3v) is 6.60. The van der Waals surface area contributed by atoms with Crippen molar-refractivity contribution in [3.63, 3.8) is 0 Å². The van der Waals surface area contributed by atoms with Gasteiger partial charge in [-0.1, -0.05) is 73.2 Å². The molecule has 1 aliphatic heterocycles. The Morgan fingerprint density at radius 2 is 1.75 bits per heavy atom. The molecule has 0 aromatic heterocycles. The molecule has 2 atom stereocenters. The zero-order valence-electron chi connectivity index (χ0n) is 16.9. The number of carbonyl (C=O) groups excluding carboxylic acids is 1. The average molecular weight is 375 g/mol. The summed E-state index contributed by atoms with van der Waals surface area (Å²) in [6, 6.07) is 20.9.